The lowest BCUT2D eigenvalue weighted by atomic mass is 10.2. The molecule has 0 aliphatic heterocycles. The Bertz CT molecular complexity index is 528. The van der Waals surface area contributed by atoms with Crippen LogP contribution in [-0.2, 0) is 6.54 Å². The summed E-state index contributed by atoms with van der Waals surface area (Å²) in [5, 5.41) is 5.45. The van der Waals surface area contributed by atoms with Gasteiger partial charge in [-0.1, -0.05) is 12.1 Å². The van der Waals surface area contributed by atoms with Crippen LogP contribution >= 0.6 is 0 Å². The van der Waals surface area contributed by atoms with Crippen molar-refractivity contribution in [3.8, 4) is 0 Å². The zero-order valence-corrected chi connectivity index (χ0v) is 9.76. The van der Waals surface area contributed by atoms with Crippen molar-refractivity contribution < 1.29 is 4.79 Å². The number of carbonyl (C=O) groups excluding carboxylic acids is 1. The van der Waals surface area contributed by atoms with Gasteiger partial charge in [0.05, 0.1) is 0 Å². The highest BCUT2D eigenvalue weighted by Gasteiger charge is 2.02. The molecule has 2 aromatic rings. The minimum Gasteiger partial charge on any atom is -0.326 e. The molecule has 5 nitrogen and oxygen atoms in total. The number of hydrogen-bond acceptors (Lipinski definition) is 3. The molecular weight excluding hydrogens is 228 g/mol. The molecule has 0 atom stereocenters. The summed E-state index contributed by atoms with van der Waals surface area (Å²) in [5.74, 6) is 0. The Kier molecular flexibility index (Phi) is 3.88. The molecule has 0 radical (unpaired) electrons. The summed E-state index contributed by atoms with van der Waals surface area (Å²) in [5.41, 5.74) is 7.91. The standard InChI is InChI=1S/C13H14N4O/c14-9-10-2-1-3-12(8-10)17-13(18)16-11-4-6-15-7-5-11/h1-8H,9,14H2,(H2,15,16,17,18). The minimum absolute atomic E-state index is 0.296. The summed E-state index contributed by atoms with van der Waals surface area (Å²) in [6.07, 6.45) is 3.23. The number of nitrogens with one attached hydrogen (secondary N) is 2. The van der Waals surface area contributed by atoms with Crippen LogP contribution in [0.3, 0.4) is 0 Å². The van der Waals surface area contributed by atoms with Crippen molar-refractivity contribution in [2.24, 2.45) is 5.73 Å². The van der Waals surface area contributed by atoms with Crippen LogP contribution in [0.4, 0.5) is 16.2 Å². The molecule has 4 N–H and O–H groups in total. The van der Waals surface area contributed by atoms with Crippen LogP contribution in [0, 0.1) is 0 Å². The molecule has 92 valence electrons. The summed E-state index contributed by atoms with van der Waals surface area (Å²) in [4.78, 5) is 15.6. The Hall–Kier alpha value is -2.40. The highest BCUT2D eigenvalue weighted by molar-refractivity contribution is 5.99. The number of urea groups is 1. The molecule has 0 saturated carbocycles. The molecule has 1 aromatic heterocycles. The van der Waals surface area contributed by atoms with Crippen LogP contribution < -0.4 is 16.4 Å². The lowest BCUT2D eigenvalue weighted by molar-refractivity contribution is 0.262. The second kappa shape index (κ2) is 5.79. The van der Waals surface area contributed by atoms with E-state index in [4.69, 9.17) is 5.73 Å². The molecule has 0 unspecified atom stereocenters. The van der Waals surface area contributed by atoms with Gasteiger partial charge in [0.1, 0.15) is 0 Å². The van der Waals surface area contributed by atoms with Gasteiger partial charge in [0.2, 0.25) is 0 Å². The zero-order valence-electron chi connectivity index (χ0n) is 9.76. The molecule has 0 spiro atoms. The van der Waals surface area contributed by atoms with E-state index in [2.05, 4.69) is 15.6 Å². The minimum atomic E-state index is -0.296. The quantitative estimate of drug-likeness (QED) is 0.771. The zero-order chi connectivity index (χ0) is 12.8. The number of pyridine rings is 1. The number of hydrogen-bond donors (Lipinski definition) is 3. The first kappa shape index (κ1) is 12.1. The summed E-state index contributed by atoms with van der Waals surface area (Å²) in [7, 11) is 0. The maximum atomic E-state index is 11.7. The van der Waals surface area contributed by atoms with Crippen molar-refractivity contribution >= 4 is 17.4 Å². The van der Waals surface area contributed by atoms with E-state index in [1.54, 1.807) is 24.5 Å². The van der Waals surface area contributed by atoms with Crippen LogP contribution in [0.2, 0.25) is 0 Å². The second-order valence-electron chi connectivity index (χ2n) is 3.72. The summed E-state index contributed by atoms with van der Waals surface area (Å²) < 4.78 is 0. The van der Waals surface area contributed by atoms with Gasteiger partial charge in [-0.25, -0.2) is 4.79 Å². The van der Waals surface area contributed by atoms with Gasteiger partial charge in [0.25, 0.3) is 0 Å². The topological polar surface area (TPSA) is 80.0 Å². The number of benzene rings is 1. The van der Waals surface area contributed by atoms with Crippen LogP contribution in [0.15, 0.2) is 48.8 Å². The summed E-state index contributed by atoms with van der Waals surface area (Å²) in [6, 6.07) is 10.6. The highest BCUT2D eigenvalue weighted by Crippen LogP contribution is 2.11. The van der Waals surface area contributed by atoms with Gasteiger partial charge in [0, 0.05) is 30.3 Å². The third-order valence-electron chi connectivity index (χ3n) is 2.36. The monoisotopic (exact) mass is 242 g/mol. The van der Waals surface area contributed by atoms with E-state index in [1.165, 1.54) is 0 Å². The second-order valence-corrected chi connectivity index (χ2v) is 3.72. The van der Waals surface area contributed by atoms with Crippen molar-refractivity contribution in [3.05, 3.63) is 54.4 Å². The lowest BCUT2D eigenvalue weighted by Gasteiger charge is -2.08. The van der Waals surface area contributed by atoms with Gasteiger partial charge in [-0.2, -0.15) is 0 Å². The molecule has 0 saturated heterocycles. The molecule has 1 heterocycles. The molecule has 0 aliphatic rings. The predicted octanol–water partition coefficient (Wildman–Crippen LogP) is 2.18. The number of aromatic nitrogens is 1. The Morgan fingerprint density at radius 3 is 2.56 bits per heavy atom. The number of nitrogens with two attached hydrogens (primary N) is 1. The number of rotatable bonds is 3. The molecule has 0 aliphatic carbocycles. The van der Waals surface area contributed by atoms with E-state index in [-0.39, 0.29) is 6.03 Å². The fourth-order valence-electron chi connectivity index (χ4n) is 1.50. The Balaban J connectivity index is 1.99. The van der Waals surface area contributed by atoms with Gasteiger partial charge < -0.3 is 16.4 Å². The van der Waals surface area contributed by atoms with Gasteiger partial charge >= 0.3 is 6.03 Å². The maximum absolute atomic E-state index is 11.7. The molecule has 1 aromatic carbocycles. The van der Waals surface area contributed by atoms with Crippen molar-refractivity contribution in [1.29, 1.82) is 0 Å². The average molecular weight is 242 g/mol. The van der Waals surface area contributed by atoms with Crippen LogP contribution in [0.1, 0.15) is 5.56 Å². The molecular formula is C13H14N4O. The van der Waals surface area contributed by atoms with E-state index in [1.807, 2.05) is 24.3 Å². The lowest BCUT2D eigenvalue weighted by Crippen LogP contribution is -2.19. The van der Waals surface area contributed by atoms with Crippen molar-refractivity contribution in [2.45, 2.75) is 6.54 Å². The average Bonchev–Trinajstić information content (AvgIpc) is 2.40. The molecule has 2 amide bonds. The highest BCUT2D eigenvalue weighted by atomic mass is 16.2. The summed E-state index contributed by atoms with van der Waals surface area (Å²) in [6.45, 7) is 0.446. The van der Waals surface area contributed by atoms with Gasteiger partial charge in [-0.3, -0.25) is 4.98 Å². The van der Waals surface area contributed by atoms with Crippen molar-refractivity contribution in [2.75, 3.05) is 10.6 Å². The normalized spacial score (nSPS) is 9.83. The van der Waals surface area contributed by atoms with Gasteiger partial charge in [-0.05, 0) is 29.8 Å². The van der Waals surface area contributed by atoms with E-state index in [0.717, 1.165) is 5.56 Å². The van der Waals surface area contributed by atoms with Crippen LogP contribution in [-0.4, -0.2) is 11.0 Å². The number of nitrogens with zero attached hydrogens (tertiary/aromatic N) is 1. The molecule has 18 heavy (non-hydrogen) atoms. The van der Waals surface area contributed by atoms with E-state index < -0.39 is 0 Å². The van der Waals surface area contributed by atoms with E-state index in [0.29, 0.717) is 17.9 Å². The largest absolute Gasteiger partial charge is 0.326 e. The maximum Gasteiger partial charge on any atom is 0.323 e. The van der Waals surface area contributed by atoms with Crippen molar-refractivity contribution in [1.82, 2.24) is 4.98 Å². The van der Waals surface area contributed by atoms with Crippen LogP contribution in [0.25, 0.3) is 0 Å². The first-order chi connectivity index (χ1) is 8.78. The fraction of sp³-hybridized carbons (Fsp3) is 0.0769. The SMILES string of the molecule is NCc1cccc(NC(=O)Nc2ccncc2)c1. The molecule has 2 rings (SSSR count). The van der Waals surface area contributed by atoms with E-state index >= 15 is 0 Å². The Morgan fingerprint density at radius 2 is 1.83 bits per heavy atom. The fourth-order valence-corrected chi connectivity index (χ4v) is 1.50. The number of carbonyl (C=O) groups is 1. The smallest absolute Gasteiger partial charge is 0.323 e. The number of anilines is 2. The third kappa shape index (κ3) is 3.29. The third-order valence-corrected chi connectivity index (χ3v) is 2.36. The van der Waals surface area contributed by atoms with Gasteiger partial charge in [0.15, 0.2) is 0 Å². The Morgan fingerprint density at radius 1 is 1.11 bits per heavy atom. The predicted molar refractivity (Wildman–Crippen MR) is 71.2 cm³/mol. The molecule has 0 fully saturated rings. The van der Waals surface area contributed by atoms with Gasteiger partial charge in [-0.15, -0.1) is 0 Å². The van der Waals surface area contributed by atoms with Crippen LogP contribution in [0.5, 0.6) is 0 Å². The molecule has 5 heteroatoms. The van der Waals surface area contributed by atoms with E-state index in [9.17, 15) is 4.79 Å². The summed E-state index contributed by atoms with van der Waals surface area (Å²) >= 11 is 0. The first-order valence-electron chi connectivity index (χ1n) is 5.55. The first-order valence-corrected chi connectivity index (χ1v) is 5.55. The van der Waals surface area contributed by atoms with Crippen molar-refractivity contribution in [3.63, 3.8) is 0 Å². The number of amides is 2. The molecule has 0 bridgehead atoms. The Labute approximate surface area is 105 Å².